The van der Waals surface area contributed by atoms with Crippen LogP contribution in [-0.2, 0) is 11.2 Å². The molecule has 0 bridgehead atoms. The van der Waals surface area contributed by atoms with Gasteiger partial charge in [-0.15, -0.1) is 0 Å². The summed E-state index contributed by atoms with van der Waals surface area (Å²) in [6, 6.07) is 12.6. The molecule has 8 heteroatoms. The number of nitriles is 1. The van der Waals surface area contributed by atoms with Gasteiger partial charge in [0.25, 0.3) is 5.89 Å². The minimum Gasteiger partial charge on any atom is -0.490 e. The monoisotopic (exact) mass is 435 g/mol. The van der Waals surface area contributed by atoms with Gasteiger partial charge in [-0.1, -0.05) is 31.1 Å². The van der Waals surface area contributed by atoms with Crippen LogP contribution in [0.15, 0.2) is 40.9 Å². The maximum Gasteiger partial charge on any atom is 0.344 e. The number of hydrogen-bond donors (Lipinski definition) is 1. The molecule has 1 atom stereocenters. The maximum absolute atomic E-state index is 11.4. The lowest BCUT2D eigenvalue weighted by Gasteiger charge is -2.17. The van der Waals surface area contributed by atoms with E-state index in [0.717, 1.165) is 5.56 Å². The van der Waals surface area contributed by atoms with Crippen LogP contribution >= 0.6 is 0 Å². The summed E-state index contributed by atoms with van der Waals surface area (Å²) in [6.45, 7) is 7.48. The number of aromatic nitrogens is 2. The smallest absolute Gasteiger partial charge is 0.344 e. The topological polar surface area (TPSA) is 118 Å². The van der Waals surface area contributed by atoms with E-state index in [-0.39, 0.29) is 12.0 Å². The van der Waals surface area contributed by atoms with Crippen molar-refractivity contribution in [3.8, 4) is 40.4 Å². The third kappa shape index (κ3) is 4.89. The molecule has 0 fully saturated rings. The molecule has 0 aliphatic heterocycles. The van der Waals surface area contributed by atoms with Gasteiger partial charge in [-0.25, -0.2) is 4.79 Å². The van der Waals surface area contributed by atoms with Gasteiger partial charge in [-0.05, 0) is 51.0 Å². The summed E-state index contributed by atoms with van der Waals surface area (Å²) in [5, 5.41) is 22.9. The average Bonchev–Trinajstić information content (AvgIpc) is 3.27. The number of ether oxygens (including phenoxy) is 2. The molecule has 1 heterocycles. The van der Waals surface area contributed by atoms with Crippen molar-refractivity contribution in [2.24, 2.45) is 0 Å². The molecular weight excluding hydrogens is 410 g/mol. The van der Waals surface area contributed by atoms with Crippen LogP contribution in [0.2, 0.25) is 0 Å². The number of aliphatic carboxylic acids is 1. The predicted octanol–water partition coefficient (Wildman–Crippen LogP) is 4.87. The fourth-order valence-corrected chi connectivity index (χ4v) is 3.27. The number of hydrogen-bond acceptors (Lipinski definition) is 7. The predicted molar refractivity (Wildman–Crippen MR) is 117 cm³/mol. The van der Waals surface area contributed by atoms with Gasteiger partial charge < -0.3 is 19.1 Å². The van der Waals surface area contributed by atoms with Crippen LogP contribution in [0, 0.1) is 11.3 Å². The van der Waals surface area contributed by atoms with Gasteiger partial charge in [0.05, 0.1) is 11.7 Å². The Morgan fingerprint density at radius 3 is 2.59 bits per heavy atom. The van der Waals surface area contributed by atoms with Gasteiger partial charge in [0, 0.05) is 16.7 Å². The lowest BCUT2D eigenvalue weighted by atomic mass is 10.0. The Kier molecular flexibility index (Phi) is 7.11. The first-order valence-electron chi connectivity index (χ1n) is 10.4. The summed E-state index contributed by atoms with van der Waals surface area (Å²) >= 11 is 0. The van der Waals surface area contributed by atoms with E-state index in [1.165, 1.54) is 0 Å². The van der Waals surface area contributed by atoms with Crippen molar-refractivity contribution in [3.05, 3.63) is 47.5 Å². The molecule has 1 aromatic heterocycles. The number of rotatable bonds is 9. The molecule has 0 radical (unpaired) electrons. The molecule has 0 saturated carbocycles. The molecule has 0 saturated heterocycles. The highest BCUT2D eigenvalue weighted by Crippen LogP contribution is 2.33. The fraction of sp³-hybridized carbons (Fsp3) is 0.333. The van der Waals surface area contributed by atoms with Crippen molar-refractivity contribution < 1.29 is 23.9 Å². The van der Waals surface area contributed by atoms with Crippen LogP contribution in [0.5, 0.6) is 11.5 Å². The van der Waals surface area contributed by atoms with Gasteiger partial charge in [0.2, 0.25) is 5.82 Å². The van der Waals surface area contributed by atoms with Gasteiger partial charge in [0.1, 0.15) is 17.6 Å². The number of nitrogens with zero attached hydrogens (tertiary/aromatic N) is 3. The average molecular weight is 435 g/mol. The second-order valence-corrected chi connectivity index (χ2v) is 7.40. The molecule has 0 amide bonds. The number of carboxylic acid groups (broad SMARTS) is 1. The Bertz CT molecular complexity index is 1150. The minimum atomic E-state index is -1.01. The molecule has 0 aliphatic carbocycles. The highest BCUT2D eigenvalue weighted by Gasteiger charge is 2.21. The lowest BCUT2D eigenvalue weighted by Crippen LogP contribution is -2.26. The summed E-state index contributed by atoms with van der Waals surface area (Å²) in [6.07, 6.45) is -0.0661. The number of carboxylic acids is 1. The van der Waals surface area contributed by atoms with Crippen LogP contribution in [0.1, 0.15) is 45.2 Å². The van der Waals surface area contributed by atoms with E-state index in [0.29, 0.717) is 46.9 Å². The second kappa shape index (κ2) is 9.96. The summed E-state index contributed by atoms with van der Waals surface area (Å²) in [5.41, 5.74) is 2.46. The van der Waals surface area contributed by atoms with Crippen molar-refractivity contribution in [3.63, 3.8) is 0 Å². The van der Waals surface area contributed by atoms with Gasteiger partial charge in [-0.2, -0.15) is 10.2 Å². The summed E-state index contributed by atoms with van der Waals surface area (Å²) < 4.78 is 16.9. The van der Waals surface area contributed by atoms with Crippen LogP contribution in [0.25, 0.3) is 22.8 Å². The SMILES string of the molecule is CCc1c(OC(CC)C(=O)O)cccc1-c1noc(-c2ccc(OC(C)C)c(C#N)c2)n1. The van der Waals surface area contributed by atoms with Crippen LogP contribution in [-0.4, -0.2) is 33.4 Å². The molecule has 0 aliphatic rings. The largest absolute Gasteiger partial charge is 0.490 e. The Morgan fingerprint density at radius 1 is 1.19 bits per heavy atom. The van der Waals surface area contributed by atoms with E-state index in [1.807, 2.05) is 26.8 Å². The van der Waals surface area contributed by atoms with Crippen molar-refractivity contribution in [1.82, 2.24) is 10.1 Å². The summed E-state index contributed by atoms with van der Waals surface area (Å²) in [5.74, 6) is 0.574. The number of benzene rings is 2. The molecule has 32 heavy (non-hydrogen) atoms. The molecule has 0 spiro atoms. The van der Waals surface area contributed by atoms with E-state index < -0.39 is 12.1 Å². The molecule has 1 unspecified atom stereocenters. The Morgan fingerprint density at radius 2 is 1.97 bits per heavy atom. The number of carbonyl (C=O) groups is 1. The zero-order valence-electron chi connectivity index (χ0n) is 18.5. The Balaban J connectivity index is 1.96. The lowest BCUT2D eigenvalue weighted by molar-refractivity contribution is -0.145. The Labute approximate surface area is 186 Å². The van der Waals surface area contributed by atoms with Crippen molar-refractivity contribution >= 4 is 5.97 Å². The third-order valence-corrected chi connectivity index (χ3v) is 4.78. The normalized spacial score (nSPS) is 11.8. The fourth-order valence-electron chi connectivity index (χ4n) is 3.27. The second-order valence-electron chi connectivity index (χ2n) is 7.40. The van der Waals surface area contributed by atoms with Crippen molar-refractivity contribution in [2.75, 3.05) is 0 Å². The first-order chi connectivity index (χ1) is 15.4. The highest BCUT2D eigenvalue weighted by atomic mass is 16.5. The van der Waals surface area contributed by atoms with Crippen molar-refractivity contribution in [1.29, 1.82) is 5.26 Å². The van der Waals surface area contributed by atoms with Crippen molar-refractivity contribution in [2.45, 2.75) is 52.7 Å². The van der Waals surface area contributed by atoms with E-state index >= 15 is 0 Å². The van der Waals surface area contributed by atoms with Crippen LogP contribution < -0.4 is 9.47 Å². The summed E-state index contributed by atoms with van der Waals surface area (Å²) in [7, 11) is 0. The first-order valence-corrected chi connectivity index (χ1v) is 10.4. The molecular formula is C24H25N3O5. The molecule has 166 valence electrons. The van der Waals surface area contributed by atoms with Crippen LogP contribution in [0.3, 0.4) is 0 Å². The van der Waals surface area contributed by atoms with Gasteiger partial charge in [0.15, 0.2) is 6.10 Å². The van der Waals surface area contributed by atoms with E-state index in [9.17, 15) is 15.2 Å². The first kappa shape index (κ1) is 22.8. The maximum atomic E-state index is 11.4. The van der Waals surface area contributed by atoms with Gasteiger partial charge >= 0.3 is 5.97 Å². The van der Waals surface area contributed by atoms with E-state index in [4.69, 9.17) is 14.0 Å². The third-order valence-electron chi connectivity index (χ3n) is 4.78. The van der Waals surface area contributed by atoms with Crippen LogP contribution in [0.4, 0.5) is 0 Å². The molecule has 3 rings (SSSR count). The van der Waals surface area contributed by atoms with Gasteiger partial charge in [-0.3, -0.25) is 0 Å². The molecule has 3 aromatic rings. The quantitative estimate of drug-likeness (QED) is 0.506. The Hall–Kier alpha value is -3.86. The van der Waals surface area contributed by atoms with E-state index in [2.05, 4.69) is 16.2 Å². The zero-order chi connectivity index (χ0) is 23.3. The molecule has 1 N–H and O–H groups in total. The standard InChI is InChI=1S/C24H25N3O5/c1-5-17-18(8-7-9-21(17)31-19(6-2)24(28)29)22-26-23(32-27-22)15-10-11-20(30-14(3)4)16(12-15)13-25/h7-12,14,19H,5-6H2,1-4H3,(H,28,29). The minimum absolute atomic E-state index is 0.0571. The van der Waals surface area contributed by atoms with E-state index in [1.54, 1.807) is 37.3 Å². The summed E-state index contributed by atoms with van der Waals surface area (Å²) in [4.78, 5) is 15.9. The molecule has 8 nitrogen and oxygen atoms in total. The zero-order valence-corrected chi connectivity index (χ0v) is 18.5. The highest BCUT2D eigenvalue weighted by molar-refractivity contribution is 5.73. The molecule has 2 aromatic carbocycles.